The Labute approximate surface area is 123 Å². The molecule has 0 spiro atoms. The summed E-state index contributed by atoms with van der Waals surface area (Å²) in [6, 6.07) is 3.40. The number of carbonyl (C=O) groups is 2. The molecule has 0 fully saturated rings. The van der Waals surface area contributed by atoms with Gasteiger partial charge in [0.2, 0.25) is 0 Å². The number of carboxylic acids is 1. The van der Waals surface area contributed by atoms with Crippen LogP contribution in [-0.4, -0.2) is 22.6 Å². The molecule has 0 radical (unpaired) electrons. The molecular formula is C14H22N2O3S. The molecule has 0 aliphatic rings. The molecular weight excluding hydrogens is 276 g/mol. The number of carbonyl (C=O) groups excluding carboxylic acids is 1. The van der Waals surface area contributed by atoms with Crippen LogP contribution in [0, 0.1) is 0 Å². The average molecular weight is 298 g/mol. The molecule has 0 saturated heterocycles. The molecule has 3 N–H and O–H groups in total. The van der Waals surface area contributed by atoms with Crippen LogP contribution in [0.4, 0.5) is 4.79 Å². The number of nitrogens with one attached hydrogen (secondary N) is 2. The number of thiophene rings is 1. The lowest BCUT2D eigenvalue weighted by molar-refractivity contribution is -0.143. The first-order valence-corrected chi connectivity index (χ1v) is 7.66. The molecule has 6 heteroatoms. The summed E-state index contributed by atoms with van der Waals surface area (Å²) in [4.78, 5) is 24.3. The van der Waals surface area contributed by atoms with Crippen molar-refractivity contribution < 1.29 is 14.7 Å². The number of urea groups is 1. The SMILES string of the molecule is CCCC(NC(=O)NC(C)(CC)C(=O)O)c1cccs1. The fraction of sp³-hybridized carbons (Fsp3) is 0.571. The Bertz CT molecular complexity index is 447. The molecule has 20 heavy (non-hydrogen) atoms. The maximum atomic E-state index is 12.0. The van der Waals surface area contributed by atoms with Gasteiger partial charge in [0.1, 0.15) is 5.54 Å². The van der Waals surface area contributed by atoms with E-state index in [1.165, 1.54) is 6.92 Å². The lowest BCUT2D eigenvalue weighted by Crippen LogP contribution is -2.55. The maximum Gasteiger partial charge on any atom is 0.329 e. The van der Waals surface area contributed by atoms with Crippen LogP contribution in [-0.2, 0) is 4.79 Å². The molecule has 1 rings (SSSR count). The third-order valence-corrected chi connectivity index (χ3v) is 4.32. The van der Waals surface area contributed by atoms with Gasteiger partial charge in [0, 0.05) is 4.88 Å². The highest BCUT2D eigenvalue weighted by Gasteiger charge is 2.33. The van der Waals surface area contributed by atoms with E-state index in [4.69, 9.17) is 5.11 Å². The summed E-state index contributed by atoms with van der Waals surface area (Å²) in [5, 5.41) is 16.5. The van der Waals surface area contributed by atoms with E-state index in [0.29, 0.717) is 6.42 Å². The van der Waals surface area contributed by atoms with Gasteiger partial charge in [-0.2, -0.15) is 0 Å². The van der Waals surface area contributed by atoms with Gasteiger partial charge in [-0.15, -0.1) is 11.3 Å². The lowest BCUT2D eigenvalue weighted by atomic mass is 10.00. The van der Waals surface area contributed by atoms with E-state index in [9.17, 15) is 9.59 Å². The Kier molecular flexibility index (Phi) is 6.01. The first kappa shape index (κ1) is 16.5. The zero-order valence-corrected chi connectivity index (χ0v) is 12.9. The quantitative estimate of drug-likeness (QED) is 0.723. The van der Waals surface area contributed by atoms with Crippen LogP contribution in [0.25, 0.3) is 0 Å². The Hall–Kier alpha value is -1.56. The number of hydrogen-bond donors (Lipinski definition) is 3. The molecule has 0 aromatic carbocycles. The highest BCUT2D eigenvalue weighted by molar-refractivity contribution is 7.10. The van der Waals surface area contributed by atoms with Gasteiger partial charge in [-0.05, 0) is 31.2 Å². The Morgan fingerprint density at radius 3 is 2.60 bits per heavy atom. The Morgan fingerprint density at radius 2 is 2.15 bits per heavy atom. The van der Waals surface area contributed by atoms with Crippen molar-refractivity contribution in [3.8, 4) is 0 Å². The highest BCUT2D eigenvalue weighted by atomic mass is 32.1. The standard InChI is InChI=1S/C14H22N2O3S/c1-4-7-10(11-8-6-9-20-11)15-13(19)16-14(3,5-2)12(17)18/h6,8-10H,4-5,7H2,1-3H3,(H,17,18)(H2,15,16,19). The van der Waals surface area contributed by atoms with Crippen molar-refractivity contribution in [2.24, 2.45) is 0 Å². The van der Waals surface area contributed by atoms with Gasteiger partial charge >= 0.3 is 12.0 Å². The molecule has 2 amide bonds. The topological polar surface area (TPSA) is 78.4 Å². The van der Waals surface area contributed by atoms with Gasteiger partial charge in [0.25, 0.3) is 0 Å². The molecule has 2 unspecified atom stereocenters. The summed E-state index contributed by atoms with van der Waals surface area (Å²) in [6.07, 6.45) is 2.09. The summed E-state index contributed by atoms with van der Waals surface area (Å²) < 4.78 is 0. The molecule has 1 aromatic rings. The minimum Gasteiger partial charge on any atom is -0.480 e. The van der Waals surface area contributed by atoms with Gasteiger partial charge in [-0.1, -0.05) is 26.3 Å². The molecule has 1 heterocycles. The fourth-order valence-corrected chi connectivity index (χ4v) is 2.61. The second-order valence-electron chi connectivity index (χ2n) is 4.95. The van der Waals surface area contributed by atoms with Gasteiger partial charge < -0.3 is 15.7 Å². The summed E-state index contributed by atoms with van der Waals surface area (Å²) >= 11 is 1.58. The summed E-state index contributed by atoms with van der Waals surface area (Å²) in [6.45, 7) is 5.29. The van der Waals surface area contributed by atoms with Crippen molar-refractivity contribution >= 4 is 23.3 Å². The zero-order valence-electron chi connectivity index (χ0n) is 12.1. The van der Waals surface area contributed by atoms with Gasteiger partial charge in [-0.3, -0.25) is 0 Å². The predicted octanol–water partition coefficient (Wildman–Crippen LogP) is 3.14. The molecule has 5 nitrogen and oxygen atoms in total. The van der Waals surface area contributed by atoms with E-state index in [-0.39, 0.29) is 6.04 Å². The molecule has 1 aromatic heterocycles. The minimum absolute atomic E-state index is 0.0742. The van der Waals surface area contributed by atoms with Crippen LogP contribution >= 0.6 is 11.3 Å². The zero-order chi connectivity index (χ0) is 15.2. The number of aliphatic carboxylic acids is 1. The van der Waals surface area contributed by atoms with Crippen LogP contribution in [0.2, 0.25) is 0 Å². The van der Waals surface area contributed by atoms with E-state index in [0.717, 1.165) is 17.7 Å². The van der Waals surface area contributed by atoms with E-state index < -0.39 is 17.5 Å². The normalized spacial score (nSPS) is 15.2. The monoisotopic (exact) mass is 298 g/mol. The van der Waals surface area contributed by atoms with Crippen LogP contribution in [0.1, 0.15) is 51.0 Å². The van der Waals surface area contributed by atoms with Crippen molar-refractivity contribution in [1.29, 1.82) is 0 Å². The van der Waals surface area contributed by atoms with Crippen LogP contribution in [0.3, 0.4) is 0 Å². The number of carboxylic acid groups (broad SMARTS) is 1. The molecule has 0 aliphatic carbocycles. The van der Waals surface area contributed by atoms with E-state index in [1.807, 2.05) is 24.4 Å². The van der Waals surface area contributed by atoms with E-state index in [2.05, 4.69) is 10.6 Å². The van der Waals surface area contributed by atoms with Crippen LogP contribution in [0.5, 0.6) is 0 Å². The number of rotatable bonds is 7. The average Bonchev–Trinajstić information content (AvgIpc) is 2.91. The molecule has 112 valence electrons. The third kappa shape index (κ3) is 4.23. The first-order valence-electron chi connectivity index (χ1n) is 6.78. The van der Waals surface area contributed by atoms with Crippen molar-refractivity contribution in [2.75, 3.05) is 0 Å². The smallest absolute Gasteiger partial charge is 0.329 e. The Balaban J connectivity index is 2.70. The van der Waals surface area contributed by atoms with E-state index >= 15 is 0 Å². The molecule has 0 bridgehead atoms. The summed E-state index contributed by atoms with van der Waals surface area (Å²) in [7, 11) is 0. The van der Waals surface area contributed by atoms with E-state index in [1.54, 1.807) is 18.3 Å². The maximum absolute atomic E-state index is 12.0. The van der Waals surface area contributed by atoms with Crippen molar-refractivity contribution in [1.82, 2.24) is 10.6 Å². The Morgan fingerprint density at radius 1 is 1.45 bits per heavy atom. The minimum atomic E-state index is -1.24. The lowest BCUT2D eigenvalue weighted by Gasteiger charge is -2.26. The second kappa shape index (κ2) is 7.28. The van der Waals surface area contributed by atoms with Crippen LogP contribution < -0.4 is 10.6 Å². The number of amides is 2. The molecule has 0 saturated carbocycles. The molecule has 2 atom stereocenters. The summed E-state index contributed by atoms with van der Waals surface area (Å²) in [5.74, 6) is -1.03. The number of hydrogen-bond acceptors (Lipinski definition) is 3. The summed E-state index contributed by atoms with van der Waals surface area (Å²) in [5.41, 5.74) is -1.24. The van der Waals surface area contributed by atoms with Gasteiger partial charge in [0.15, 0.2) is 0 Å². The second-order valence-corrected chi connectivity index (χ2v) is 5.93. The largest absolute Gasteiger partial charge is 0.480 e. The first-order chi connectivity index (χ1) is 9.42. The van der Waals surface area contributed by atoms with Crippen LogP contribution in [0.15, 0.2) is 17.5 Å². The van der Waals surface area contributed by atoms with Crippen molar-refractivity contribution in [3.63, 3.8) is 0 Å². The van der Waals surface area contributed by atoms with Gasteiger partial charge in [-0.25, -0.2) is 9.59 Å². The third-order valence-electron chi connectivity index (χ3n) is 3.34. The molecule has 0 aliphatic heterocycles. The predicted molar refractivity (Wildman–Crippen MR) is 80.0 cm³/mol. The van der Waals surface area contributed by atoms with Crippen molar-refractivity contribution in [3.05, 3.63) is 22.4 Å². The highest BCUT2D eigenvalue weighted by Crippen LogP contribution is 2.23. The fourth-order valence-electron chi connectivity index (χ4n) is 1.80. The van der Waals surface area contributed by atoms with Crippen molar-refractivity contribution in [2.45, 2.75) is 51.6 Å². The van der Waals surface area contributed by atoms with Gasteiger partial charge in [0.05, 0.1) is 6.04 Å².